The van der Waals surface area contributed by atoms with Gasteiger partial charge in [0.2, 0.25) is 0 Å². The highest BCUT2D eigenvalue weighted by atomic mass is 19.4. The van der Waals surface area contributed by atoms with Crippen LogP contribution < -0.4 is 15.5 Å². The van der Waals surface area contributed by atoms with E-state index in [2.05, 4.69) is 39.3 Å². The minimum absolute atomic E-state index is 0.258. The number of rotatable bonds is 5. The lowest BCUT2D eigenvalue weighted by atomic mass is 10.2. The number of benzene rings is 1. The minimum Gasteiger partial charge on any atom is -0.358 e. The van der Waals surface area contributed by atoms with Crippen molar-refractivity contribution in [2.45, 2.75) is 20.0 Å². The summed E-state index contributed by atoms with van der Waals surface area (Å²) in [5.41, 5.74) is 1.39. The molecule has 0 unspecified atom stereocenters. The molecule has 3 heterocycles. The molecular formula is C23H27F3N6O. The van der Waals surface area contributed by atoms with Gasteiger partial charge in [0.15, 0.2) is 0 Å². The molecule has 1 aliphatic rings. The number of aromatic amines is 1. The zero-order valence-electron chi connectivity index (χ0n) is 18.5. The van der Waals surface area contributed by atoms with Crippen LogP contribution in [0.1, 0.15) is 19.4 Å². The van der Waals surface area contributed by atoms with Gasteiger partial charge in [-0.25, -0.2) is 9.78 Å². The number of piperazine rings is 1. The van der Waals surface area contributed by atoms with Gasteiger partial charge in [-0.3, -0.25) is 4.90 Å². The van der Waals surface area contributed by atoms with Gasteiger partial charge in [0, 0.05) is 44.6 Å². The van der Waals surface area contributed by atoms with Crippen LogP contribution in [0.4, 0.5) is 35.2 Å². The van der Waals surface area contributed by atoms with E-state index in [0.29, 0.717) is 17.1 Å². The van der Waals surface area contributed by atoms with Crippen LogP contribution in [0.5, 0.6) is 0 Å². The Labute approximate surface area is 190 Å². The summed E-state index contributed by atoms with van der Waals surface area (Å²) >= 11 is 0. The predicted octanol–water partition coefficient (Wildman–Crippen LogP) is 5.00. The number of fused-ring (bicyclic) bond motifs is 1. The Morgan fingerprint density at radius 3 is 2.39 bits per heavy atom. The SMILES string of the molecule is CC(C)CN1CCN(c2ccc3[nH]cc(NC(=O)Nc4ccc(C(F)(F)F)cc4)c3n2)CC1. The summed E-state index contributed by atoms with van der Waals surface area (Å²) in [7, 11) is 0. The Hall–Kier alpha value is -3.27. The monoisotopic (exact) mass is 460 g/mol. The number of aromatic nitrogens is 2. The minimum atomic E-state index is -4.42. The third-order valence-electron chi connectivity index (χ3n) is 5.55. The van der Waals surface area contributed by atoms with E-state index in [1.807, 2.05) is 12.1 Å². The first-order valence-electron chi connectivity index (χ1n) is 10.9. The molecule has 2 aromatic heterocycles. The molecule has 10 heteroatoms. The molecule has 1 aromatic carbocycles. The maximum atomic E-state index is 12.7. The number of hydrogen-bond acceptors (Lipinski definition) is 4. The maximum absolute atomic E-state index is 12.7. The first-order chi connectivity index (χ1) is 15.7. The number of carbonyl (C=O) groups is 1. The average molecular weight is 461 g/mol. The van der Waals surface area contributed by atoms with Crippen molar-refractivity contribution < 1.29 is 18.0 Å². The number of nitrogens with zero attached hydrogens (tertiary/aromatic N) is 3. The molecule has 0 saturated carbocycles. The van der Waals surface area contributed by atoms with Crippen LogP contribution in [0.25, 0.3) is 11.0 Å². The topological polar surface area (TPSA) is 76.3 Å². The van der Waals surface area contributed by atoms with Gasteiger partial charge in [-0.05, 0) is 42.3 Å². The van der Waals surface area contributed by atoms with Crippen LogP contribution >= 0.6 is 0 Å². The van der Waals surface area contributed by atoms with Crippen LogP contribution in [0.3, 0.4) is 0 Å². The smallest absolute Gasteiger partial charge is 0.358 e. The summed E-state index contributed by atoms with van der Waals surface area (Å²) in [4.78, 5) is 24.9. The number of anilines is 3. The second-order valence-electron chi connectivity index (χ2n) is 8.60. The number of carbonyl (C=O) groups excluding carboxylic acids is 1. The number of pyridine rings is 1. The third kappa shape index (κ3) is 5.57. The first-order valence-corrected chi connectivity index (χ1v) is 10.9. The molecule has 0 radical (unpaired) electrons. The lowest BCUT2D eigenvalue weighted by Crippen LogP contribution is -2.47. The van der Waals surface area contributed by atoms with Crippen molar-refractivity contribution in [2.24, 2.45) is 5.92 Å². The fourth-order valence-electron chi connectivity index (χ4n) is 3.96. The van der Waals surface area contributed by atoms with Crippen LogP contribution in [-0.2, 0) is 6.18 Å². The Morgan fingerprint density at radius 1 is 1.06 bits per heavy atom. The molecule has 1 saturated heterocycles. The Balaban J connectivity index is 1.42. The molecule has 0 spiro atoms. The number of nitrogens with one attached hydrogen (secondary N) is 3. The Morgan fingerprint density at radius 2 is 1.76 bits per heavy atom. The van der Waals surface area contributed by atoms with Gasteiger partial charge in [0.1, 0.15) is 11.3 Å². The van der Waals surface area contributed by atoms with Crippen LogP contribution in [0, 0.1) is 5.92 Å². The molecule has 4 rings (SSSR count). The van der Waals surface area contributed by atoms with Gasteiger partial charge in [-0.15, -0.1) is 0 Å². The van der Waals surface area contributed by atoms with Crippen molar-refractivity contribution in [1.29, 1.82) is 0 Å². The molecule has 0 atom stereocenters. The van der Waals surface area contributed by atoms with Crippen molar-refractivity contribution in [2.75, 3.05) is 48.3 Å². The zero-order valence-corrected chi connectivity index (χ0v) is 18.5. The van der Waals surface area contributed by atoms with Gasteiger partial charge >= 0.3 is 12.2 Å². The highest BCUT2D eigenvalue weighted by molar-refractivity contribution is 6.05. The number of alkyl halides is 3. The molecule has 1 fully saturated rings. The van der Waals surface area contributed by atoms with Crippen LogP contribution in [-0.4, -0.2) is 53.6 Å². The molecule has 0 aliphatic carbocycles. The molecule has 33 heavy (non-hydrogen) atoms. The molecule has 0 bridgehead atoms. The number of halogens is 3. The predicted molar refractivity (Wildman–Crippen MR) is 124 cm³/mol. The number of hydrogen-bond donors (Lipinski definition) is 3. The standard InChI is InChI=1S/C23H27F3N6O/c1-15(2)14-31-9-11-32(12-10-31)20-8-7-18-21(30-20)19(13-27-18)29-22(33)28-17-5-3-16(4-6-17)23(24,25)26/h3-8,13,15,27H,9-12,14H2,1-2H3,(H2,28,29,33). The van der Waals surface area contributed by atoms with E-state index in [-0.39, 0.29) is 5.69 Å². The normalized spacial score (nSPS) is 15.3. The summed E-state index contributed by atoms with van der Waals surface area (Å²) in [6.45, 7) is 9.24. The second-order valence-corrected chi connectivity index (χ2v) is 8.60. The fourth-order valence-corrected chi connectivity index (χ4v) is 3.96. The highest BCUT2D eigenvalue weighted by Gasteiger charge is 2.30. The zero-order chi connectivity index (χ0) is 23.6. The van der Waals surface area contributed by atoms with Crippen molar-refractivity contribution in [1.82, 2.24) is 14.9 Å². The maximum Gasteiger partial charge on any atom is 0.416 e. The molecule has 3 aromatic rings. The Bertz CT molecular complexity index is 1100. The van der Waals surface area contributed by atoms with E-state index < -0.39 is 17.8 Å². The molecular weight excluding hydrogens is 433 g/mol. The van der Waals surface area contributed by atoms with E-state index in [0.717, 1.165) is 56.2 Å². The lowest BCUT2D eigenvalue weighted by molar-refractivity contribution is -0.137. The van der Waals surface area contributed by atoms with Gasteiger partial charge < -0.3 is 20.5 Å². The quantitative estimate of drug-likeness (QED) is 0.501. The first kappa shape index (κ1) is 22.9. The molecule has 176 valence electrons. The van der Waals surface area contributed by atoms with Crippen molar-refractivity contribution in [3.05, 3.63) is 48.2 Å². The third-order valence-corrected chi connectivity index (χ3v) is 5.55. The van der Waals surface area contributed by atoms with Crippen LogP contribution in [0.2, 0.25) is 0 Å². The highest BCUT2D eigenvalue weighted by Crippen LogP contribution is 2.30. The summed E-state index contributed by atoms with van der Waals surface area (Å²) < 4.78 is 38.1. The van der Waals surface area contributed by atoms with Gasteiger partial charge in [-0.2, -0.15) is 13.2 Å². The van der Waals surface area contributed by atoms with Gasteiger partial charge in [-0.1, -0.05) is 13.8 Å². The van der Waals surface area contributed by atoms with Crippen LogP contribution in [0.15, 0.2) is 42.6 Å². The average Bonchev–Trinajstić information content (AvgIpc) is 3.15. The van der Waals surface area contributed by atoms with E-state index in [1.54, 1.807) is 6.20 Å². The van der Waals surface area contributed by atoms with Crippen molar-refractivity contribution in [3.63, 3.8) is 0 Å². The van der Waals surface area contributed by atoms with E-state index in [1.165, 1.54) is 12.1 Å². The molecule has 7 nitrogen and oxygen atoms in total. The van der Waals surface area contributed by atoms with E-state index >= 15 is 0 Å². The van der Waals surface area contributed by atoms with Crippen molar-refractivity contribution in [3.8, 4) is 0 Å². The summed E-state index contributed by atoms with van der Waals surface area (Å²) in [6, 6.07) is 7.61. The number of urea groups is 1. The largest absolute Gasteiger partial charge is 0.416 e. The van der Waals surface area contributed by atoms with Gasteiger partial charge in [0.05, 0.1) is 16.8 Å². The lowest BCUT2D eigenvalue weighted by Gasteiger charge is -2.36. The molecule has 1 aliphatic heterocycles. The van der Waals surface area contributed by atoms with Crippen molar-refractivity contribution >= 4 is 34.3 Å². The number of H-pyrrole nitrogens is 1. The molecule has 2 amide bonds. The fraction of sp³-hybridized carbons (Fsp3) is 0.391. The summed E-state index contributed by atoms with van der Waals surface area (Å²) in [5.74, 6) is 1.48. The Kier molecular flexibility index (Phi) is 6.46. The van der Waals surface area contributed by atoms with E-state index in [4.69, 9.17) is 4.98 Å². The second kappa shape index (κ2) is 9.30. The van der Waals surface area contributed by atoms with E-state index in [9.17, 15) is 18.0 Å². The summed E-state index contributed by atoms with van der Waals surface area (Å²) in [6.07, 6.45) is -2.77. The number of amides is 2. The molecule has 3 N–H and O–H groups in total. The van der Waals surface area contributed by atoms with Gasteiger partial charge in [0.25, 0.3) is 0 Å². The summed E-state index contributed by atoms with van der Waals surface area (Å²) in [5, 5.41) is 5.27.